The fourth-order valence-corrected chi connectivity index (χ4v) is 2.66. The lowest BCUT2D eigenvalue weighted by molar-refractivity contribution is 0.0949. The Hall–Kier alpha value is -1.16. The number of amides is 1. The van der Waals surface area contributed by atoms with Crippen LogP contribution < -0.4 is 10.6 Å². The first-order valence-corrected chi connectivity index (χ1v) is 8.59. The molecule has 2 N–H and O–H groups in total. The maximum atomic E-state index is 12.1. The lowest BCUT2D eigenvalue weighted by Gasteiger charge is -2.13. The van der Waals surface area contributed by atoms with Gasteiger partial charge in [0.05, 0.1) is 0 Å². The van der Waals surface area contributed by atoms with Crippen molar-refractivity contribution in [2.75, 3.05) is 30.4 Å². The SMILES string of the molecule is CCCNc1ccc(C(=O)NCC(C)CSC)cc1C. The van der Waals surface area contributed by atoms with Gasteiger partial charge in [-0.1, -0.05) is 13.8 Å². The molecule has 0 aliphatic heterocycles. The summed E-state index contributed by atoms with van der Waals surface area (Å²) in [5.41, 5.74) is 2.96. The number of benzene rings is 1. The van der Waals surface area contributed by atoms with Crippen LogP contribution in [0, 0.1) is 12.8 Å². The predicted octanol–water partition coefficient (Wildman–Crippen LogP) is 3.55. The molecule has 0 aliphatic carbocycles. The van der Waals surface area contributed by atoms with Gasteiger partial charge in [0.2, 0.25) is 0 Å². The Labute approximate surface area is 126 Å². The maximum absolute atomic E-state index is 12.1. The van der Waals surface area contributed by atoms with Crippen LogP contribution in [-0.4, -0.2) is 31.0 Å². The Bertz CT molecular complexity index is 434. The first-order chi connectivity index (χ1) is 9.58. The molecule has 0 saturated carbocycles. The molecule has 0 fully saturated rings. The predicted molar refractivity (Wildman–Crippen MR) is 89.8 cm³/mol. The van der Waals surface area contributed by atoms with Crippen LogP contribution in [0.5, 0.6) is 0 Å². The molecule has 20 heavy (non-hydrogen) atoms. The Morgan fingerprint density at radius 2 is 2.15 bits per heavy atom. The van der Waals surface area contributed by atoms with Gasteiger partial charge in [0.1, 0.15) is 0 Å². The second kappa shape index (κ2) is 8.90. The van der Waals surface area contributed by atoms with Gasteiger partial charge in [0.25, 0.3) is 5.91 Å². The van der Waals surface area contributed by atoms with E-state index >= 15 is 0 Å². The number of hydrogen-bond donors (Lipinski definition) is 2. The highest BCUT2D eigenvalue weighted by Gasteiger charge is 2.09. The van der Waals surface area contributed by atoms with E-state index in [1.165, 1.54) is 0 Å². The van der Waals surface area contributed by atoms with E-state index in [0.29, 0.717) is 5.92 Å². The fourth-order valence-electron chi connectivity index (χ4n) is 1.98. The molecule has 0 spiro atoms. The Balaban J connectivity index is 2.58. The summed E-state index contributed by atoms with van der Waals surface area (Å²) in [4.78, 5) is 12.1. The largest absolute Gasteiger partial charge is 0.385 e. The Morgan fingerprint density at radius 1 is 1.40 bits per heavy atom. The van der Waals surface area contributed by atoms with Crippen molar-refractivity contribution < 1.29 is 4.79 Å². The summed E-state index contributed by atoms with van der Waals surface area (Å²) in [5, 5.41) is 6.36. The van der Waals surface area contributed by atoms with Crippen LogP contribution in [0.1, 0.15) is 36.2 Å². The van der Waals surface area contributed by atoms with E-state index in [0.717, 1.165) is 42.1 Å². The van der Waals surface area contributed by atoms with Gasteiger partial charge in [0, 0.05) is 24.3 Å². The van der Waals surface area contributed by atoms with Crippen LogP contribution in [0.15, 0.2) is 18.2 Å². The molecule has 0 heterocycles. The molecule has 4 heteroatoms. The summed E-state index contributed by atoms with van der Waals surface area (Å²) < 4.78 is 0. The Morgan fingerprint density at radius 3 is 2.75 bits per heavy atom. The van der Waals surface area contributed by atoms with Crippen molar-refractivity contribution in [3.8, 4) is 0 Å². The molecule has 1 amide bonds. The molecule has 1 atom stereocenters. The van der Waals surface area contributed by atoms with Gasteiger partial charge in [-0.15, -0.1) is 0 Å². The average molecular weight is 294 g/mol. The monoisotopic (exact) mass is 294 g/mol. The van der Waals surface area contributed by atoms with Crippen LogP contribution >= 0.6 is 11.8 Å². The summed E-state index contributed by atoms with van der Waals surface area (Å²) in [7, 11) is 0. The summed E-state index contributed by atoms with van der Waals surface area (Å²) in [5.74, 6) is 1.59. The van der Waals surface area contributed by atoms with Crippen molar-refractivity contribution in [3.05, 3.63) is 29.3 Å². The van der Waals surface area contributed by atoms with E-state index < -0.39 is 0 Å². The van der Waals surface area contributed by atoms with E-state index in [4.69, 9.17) is 0 Å². The number of carbonyl (C=O) groups is 1. The van der Waals surface area contributed by atoms with Crippen LogP contribution in [0.25, 0.3) is 0 Å². The highest BCUT2D eigenvalue weighted by atomic mass is 32.2. The average Bonchev–Trinajstić information content (AvgIpc) is 2.43. The van der Waals surface area contributed by atoms with Gasteiger partial charge < -0.3 is 10.6 Å². The number of aryl methyl sites for hydroxylation is 1. The third-order valence-corrected chi connectivity index (χ3v) is 4.02. The van der Waals surface area contributed by atoms with E-state index in [1.807, 2.05) is 36.9 Å². The summed E-state index contributed by atoms with van der Waals surface area (Å²) in [6, 6.07) is 5.83. The summed E-state index contributed by atoms with van der Waals surface area (Å²) in [6.07, 6.45) is 3.18. The van der Waals surface area contributed by atoms with Gasteiger partial charge in [-0.2, -0.15) is 11.8 Å². The van der Waals surface area contributed by atoms with Crippen molar-refractivity contribution >= 4 is 23.4 Å². The number of anilines is 1. The van der Waals surface area contributed by atoms with Crippen LogP contribution in [0.4, 0.5) is 5.69 Å². The van der Waals surface area contributed by atoms with Gasteiger partial charge >= 0.3 is 0 Å². The maximum Gasteiger partial charge on any atom is 0.251 e. The summed E-state index contributed by atoms with van der Waals surface area (Å²) in [6.45, 7) is 8.01. The first kappa shape index (κ1) is 16.9. The molecule has 1 unspecified atom stereocenters. The topological polar surface area (TPSA) is 41.1 Å². The van der Waals surface area contributed by atoms with Crippen molar-refractivity contribution in [1.82, 2.24) is 5.32 Å². The molecule has 0 radical (unpaired) electrons. The molecule has 112 valence electrons. The normalized spacial score (nSPS) is 12.0. The van der Waals surface area contributed by atoms with Crippen molar-refractivity contribution in [2.45, 2.75) is 27.2 Å². The smallest absolute Gasteiger partial charge is 0.251 e. The zero-order valence-corrected chi connectivity index (χ0v) is 13.8. The second-order valence-electron chi connectivity index (χ2n) is 5.23. The molecule has 0 aromatic heterocycles. The standard InChI is InChI=1S/C16H26N2OS/c1-5-8-17-15-7-6-14(9-13(15)3)16(19)18-10-12(2)11-20-4/h6-7,9,12,17H,5,8,10-11H2,1-4H3,(H,18,19). The van der Waals surface area contributed by atoms with E-state index in [2.05, 4.69) is 30.7 Å². The first-order valence-electron chi connectivity index (χ1n) is 7.20. The number of thioether (sulfide) groups is 1. The van der Waals surface area contributed by atoms with E-state index in [1.54, 1.807) is 0 Å². The minimum Gasteiger partial charge on any atom is -0.385 e. The Kier molecular flexibility index (Phi) is 7.52. The van der Waals surface area contributed by atoms with Gasteiger partial charge in [-0.3, -0.25) is 4.79 Å². The molecule has 0 aliphatic rings. The zero-order chi connectivity index (χ0) is 15.0. The van der Waals surface area contributed by atoms with Crippen LogP contribution in [0.3, 0.4) is 0 Å². The second-order valence-corrected chi connectivity index (χ2v) is 6.14. The lowest BCUT2D eigenvalue weighted by atomic mass is 10.1. The molecular weight excluding hydrogens is 268 g/mol. The molecule has 1 rings (SSSR count). The third kappa shape index (κ3) is 5.45. The van der Waals surface area contributed by atoms with Gasteiger partial charge in [-0.05, 0) is 55.0 Å². The highest BCUT2D eigenvalue weighted by Crippen LogP contribution is 2.16. The number of carbonyl (C=O) groups excluding carboxylic acids is 1. The van der Waals surface area contributed by atoms with E-state index in [9.17, 15) is 4.79 Å². The van der Waals surface area contributed by atoms with Crippen molar-refractivity contribution in [3.63, 3.8) is 0 Å². The van der Waals surface area contributed by atoms with Crippen molar-refractivity contribution in [1.29, 1.82) is 0 Å². The molecule has 0 saturated heterocycles. The molecule has 1 aromatic carbocycles. The van der Waals surface area contributed by atoms with Gasteiger partial charge in [-0.25, -0.2) is 0 Å². The van der Waals surface area contributed by atoms with Crippen molar-refractivity contribution in [2.24, 2.45) is 5.92 Å². The minimum atomic E-state index is 0.0168. The summed E-state index contributed by atoms with van der Waals surface area (Å²) >= 11 is 1.81. The van der Waals surface area contributed by atoms with E-state index in [-0.39, 0.29) is 5.91 Å². The van der Waals surface area contributed by atoms with Crippen LogP contribution in [-0.2, 0) is 0 Å². The molecule has 3 nitrogen and oxygen atoms in total. The third-order valence-electron chi connectivity index (χ3n) is 3.12. The molecule has 0 bridgehead atoms. The zero-order valence-electron chi connectivity index (χ0n) is 13.0. The number of hydrogen-bond acceptors (Lipinski definition) is 3. The highest BCUT2D eigenvalue weighted by molar-refractivity contribution is 7.98. The fraction of sp³-hybridized carbons (Fsp3) is 0.562. The minimum absolute atomic E-state index is 0.0168. The molecule has 1 aromatic rings. The van der Waals surface area contributed by atoms with Crippen LogP contribution in [0.2, 0.25) is 0 Å². The lowest BCUT2D eigenvalue weighted by Crippen LogP contribution is -2.29. The molecular formula is C16H26N2OS. The van der Waals surface area contributed by atoms with Gasteiger partial charge in [0.15, 0.2) is 0 Å². The number of nitrogens with one attached hydrogen (secondary N) is 2. The quantitative estimate of drug-likeness (QED) is 0.770. The number of rotatable bonds is 8.